The zero-order valence-corrected chi connectivity index (χ0v) is 21.5. The van der Waals surface area contributed by atoms with Crippen molar-refractivity contribution in [2.75, 3.05) is 19.1 Å². The summed E-state index contributed by atoms with van der Waals surface area (Å²) in [6, 6.07) is 21.0. The lowest BCUT2D eigenvalue weighted by Crippen LogP contribution is -2.47. The molecule has 1 aliphatic rings. The lowest BCUT2D eigenvalue weighted by molar-refractivity contribution is -0.127. The molecule has 1 N–H and O–H groups in total. The molecule has 0 radical (unpaired) electrons. The molecule has 38 heavy (non-hydrogen) atoms. The van der Waals surface area contributed by atoms with Crippen molar-refractivity contribution >= 4 is 28.5 Å². The third-order valence-corrected chi connectivity index (χ3v) is 6.92. The fourth-order valence-corrected chi connectivity index (χ4v) is 5.02. The normalized spacial score (nSPS) is 14.3. The maximum Gasteiger partial charge on any atom is 0.249 e. The largest absolute Gasteiger partial charge is 0.497 e. The summed E-state index contributed by atoms with van der Waals surface area (Å²) in [7, 11) is 3.15. The van der Waals surface area contributed by atoms with Gasteiger partial charge in [0.05, 0.1) is 19.7 Å². The van der Waals surface area contributed by atoms with Gasteiger partial charge in [-0.2, -0.15) is 0 Å². The number of fused-ring (bicyclic) bond motifs is 1. The van der Waals surface area contributed by atoms with Crippen LogP contribution in [0.3, 0.4) is 0 Å². The maximum absolute atomic E-state index is 14.2. The first kappa shape index (κ1) is 25.3. The first-order valence-electron chi connectivity index (χ1n) is 12.8. The molecule has 5 rings (SSSR count). The maximum atomic E-state index is 14.2. The van der Waals surface area contributed by atoms with Crippen molar-refractivity contribution in [1.82, 2.24) is 20.3 Å². The molecule has 0 unspecified atom stereocenters. The Labute approximate surface area is 221 Å². The fraction of sp³-hybridized carbons (Fsp3) is 0.310. The Morgan fingerprint density at radius 1 is 0.974 bits per heavy atom. The van der Waals surface area contributed by atoms with Crippen molar-refractivity contribution < 1.29 is 19.1 Å². The van der Waals surface area contributed by atoms with Gasteiger partial charge in [0, 0.05) is 17.8 Å². The van der Waals surface area contributed by atoms with Crippen LogP contribution < -0.4 is 19.7 Å². The lowest BCUT2D eigenvalue weighted by Gasteiger charge is -2.32. The summed E-state index contributed by atoms with van der Waals surface area (Å²) in [6.07, 6.45) is 4.00. The van der Waals surface area contributed by atoms with Crippen LogP contribution >= 0.6 is 0 Å². The number of ether oxygens (including phenoxy) is 2. The van der Waals surface area contributed by atoms with Crippen LogP contribution in [0, 0.1) is 0 Å². The quantitative estimate of drug-likeness (QED) is 0.359. The van der Waals surface area contributed by atoms with E-state index in [-0.39, 0.29) is 24.4 Å². The molecule has 1 fully saturated rings. The lowest BCUT2D eigenvalue weighted by atomic mass is 10.0. The van der Waals surface area contributed by atoms with Gasteiger partial charge >= 0.3 is 0 Å². The molecule has 9 heteroatoms. The van der Waals surface area contributed by atoms with E-state index in [0.29, 0.717) is 28.3 Å². The van der Waals surface area contributed by atoms with E-state index >= 15 is 0 Å². The number of benzene rings is 3. The Morgan fingerprint density at radius 3 is 2.45 bits per heavy atom. The Bertz CT molecular complexity index is 1430. The van der Waals surface area contributed by atoms with Crippen molar-refractivity contribution in [2.45, 2.75) is 44.3 Å². The van der Waals surface area contributed by atoms with Crippen LogP contribution in [0.2, 0.25) is 0 Å². The minimum absolute atomic E-state index is 0.0807. The van der Waals surface area contributed by atoms with Crippen LogP contribution in [-0.2, 0) is 16.1 Å². The van der Waals surface area contributed by atoms with Crippen LogP contribution in [0.25, 0.3) is 11.0 Å². The second kappa shape index (κ2) is 11.3. The average Bonchev–Trinajstić information content (AvgIpc) is 3.61. The number of carbonyl (C=O) groups excluding carboxylic acids is 2. The van der Waals surface area contributed by atoms with Gasteiger partial charge in [0.15, 0.2) is 0 Å². The molecule has 9 nitrogen and oxygen atoms in total. The Kier molecular flexibility index (Phi) is 7.53. The van der Waals surface area contributed by atoms with Crippen LogP contribution in [0.5, 0.6) is 11.5 Å². The summed E-state index contributed by atoms with van der Waals surface area (Å²) in [5.74, 6) is 0.613. The molecule has 1 atom stereocenters. The van der Waals surface area contributed by atoms with E-state index in [0.717, 1.165) is 31.2 Å². The zero-order chi connectivity index (χ0) is 26.5. The SMILES string of the molecule is COc1cccc([C@H](C(=O)NC2CCCC2)N(C(=O)Cn2nnc3ccccc32)c2cccc(OC)c2)c1. The number of aromatic nitrogens is 3. The van der Waals surface area contributed by atoms with E-state index in [9.17, 15) is 9.59 Å². The summed E-state index contributed by atoms with van der Waals surface area (Å²) in [5, 5.41) is 11.6. The second-order valence-electron chi connectivity index (χ2n) is 9.37. The van der Waals surface area contributed by atoms with Crippen molar-refractivity contribution in [3.63, 3.8) is 0 Å². The highest BCUT2D eigenvalue weighted by Crippen LogP contribution is 2.33. The van der Waals surface area contributed by atoms with Gasteiger partial charge in [0.1, 0.15) is 29.6 Å². The first-order chi connectivity index (χ1) is 18.6. The predicted octanol–water partition coefficient (Wildman–Crippen LogP) is 4.28. The summed E-state index contributed by atoms with van der Waals surface area (Å²) in [6.45, 7) is -0.102. The van der Waals surface area contributed by atoms with Gasteiger partial charge in [0.25, 0.3) is 0 Å². The number of anilines is 1. The molecule has 2 amide bonds. The molecule has 0 spiro atoms. The number of para-hydroxylation sites is 1. The molecule has 0 saturated heterocycles. The van der Waals surface area contributed by atoms with Crippen LogP contribution in [0.1, 0.15) is 37.3 Å². The number of hydrogen-bond donors (Lipinski definition) is 1. The number of methoxy groups -OCH3 is 2. The van der Waals surface area contributed by atoms with Crippen molar-refractivity contribution in [1.29, 1.82) is 0 Å². The number of carbonyl (C=O) groups is 2. The third kappa shape index (κ3) is 5.32. The van der Waals surface area contributed by atoms with Crippen molar-refractivity contribution in [3.8, 4) is 11.5 Å². The van der Waals surface area contributed by atoms with Crippen LogP contribution in [-0.4, -0.2) is 47.1 Å². The molecule has 1 aliphatic carbocycles. The fourth-order valence-electron chi connectivity index (χ4n) is 5.02. The molecule has 0 bridgehead atoms. The van der Waals surface area contributed by atoms with Crippen molar-refractivity contribution in [2.24, 2.45) is 0 Å². The van der Waals surface area contributed by atoms with Crippen LogP contribution in [0.15, 0.2) is 72.8 Å². The number of nitrogens with zero attached hydrogens (tertiary/aromatic N) is 4. The molecule has 196 valence electrons. The molecular weight excluding hydrogens is 482 g/mol. The zero-order valence-electron chi connectivity index (χ0n) is 21.5. The summed E-state index contributed by atoms with van der Waals surface area (Å²) >= 11 is 0. The van der Waals surface area contributed by atoms with Gasteiger partial charge < -0.3 is 14.8 Å². The molecule has 1 saturated carbocycles. The van der Waals surface area contributed by atoms with E-state index in [1.54, 1.807) is 49.2 Å². The topological polar surface area (TPSA) is 98.6 Å². The van der Waals surface area contributed by atoms with Gasteiger partial charge in [-0.1, -0.05) is 48.4 Å². The minimum Gasteiger partial charge on any atom is -0.497 e. The van der Waals surface area contributed by atoms with E-state index in [4.69, 9.17) is 9.47 Å². The molecule has 1 heterocycles. The van der Waals surface area contributed by atoms with Gasteiger partial charge in [0.2, 0.25) is 11.8 Å². The van der Waals surface area contributed by atoms with E-state index in [2.05, 4.69) is 15.6 Å². The van der Waals surface area contributed by atoms with E-state index in [1.807, 2.05) is 42.5 Å². The molecule has 0 aliphatic heterocycles. The smallest absolute Gasteiger partial charge is 0.249 e. The number of amides is 2. The monoisotopic (exact) mass is 513 g/mol. The molecular formula is C29H31N5O4. The average molecular weight is 514 g/mol. The van der Waals surface area contributed by atoms with Crippen LogP contribution in [0.4, 0.5) is 5.69 Å². The Balaban J connectivity index is 1.60. The first-order valence-corrected chi connectivity index (χ1v) is 12.8. The number of hydrogen-bond acceptors (Lipinski definition) is 6. The Morgan fingerprint density at radius 2 is 1.68 bits per heavy atom. The summed E-state index contributed by atoms with van der Waals surface area (Å²) in [4.78, 5) is 29.7. The highest BCUT2D eigenvalue weighted by molar-refractivity contribution is 6.01. The third-order valence-electron chi connectivity index (χ3n) is 6.92. The standard InChI is InChI=1S/C29H31N5O4/c1-37-23-13-7-9-20(17-23)28(29(36)30-21-10-3-4-11-21)34(22-12-8-14-24(18-22)38-2)27(35)19-33-26-16-6-5-15-25(26)31-32-33/h5-9,12-18,21,28H,3-4,10-11,19H2,1-2H3,(H,30,36)/t28-/m1/s1. The molecule has 1 aromatic heterocycles. The molecule has 4 aromatic rings. The number of rotatable bonds is 9. The van der Waals surface area contributed by atoms with Gasteiger partial charge in [-0.05, 0) is 54.8 Å². The predicted molar refractivity (Wildman–Crippen MR) is 144 cm³/mol. The minimum atomic E-state index is -0.944. The molecule has 3 aromatic carbocycles. The van der Waals surface area contributed by atoms with E-state index in [1.165, 1.54) is 4.90 Å². The highest BCUT2D eigenvalue weighted by Gasteiger charge is 2.35. The summed E-state index contributed by atoms with van der Waals surface area (Å²) in [5.41, 5.74) is 2.60. The van der Waals surface area contributed by atoms with E-state index < -0.39 is 6.04 Å². The number of nitrogens with one attached hydrogen (secondary N) is 1. The van der Waals surface area contributed by atoms with Crippen molar-refractivity contribution in [3.05, 3.63) is 78.4 Å². The van der Waals surface area contributed by atoms with Gasteiger partial charge in [-0.25, -0.2) is 4.68 Å². The second-order valence-corrected chi connectivity index (χ2v) is 9.37. The van der Waals surface area contributed by atoms with Gasteiger partial charge in [-0.3, -0.25) is 14.5 Å². The summed E-state index contributed by atoms with van der Waals surface area (Å²) < 4.78 is 12.5. The highest BCUT2D eigenvalue weighted by atomic mass is 16.5. The van der Waals surface area contributed by atoms with Gasteiger partial charge in [-0.15, -0.1) is 5.10 Å². The Hall–Kier alpha value is -4.40.